The summed E-state index contributed by atoms with van der Waals surface area (Å²) < 4.78 is 2.06. The molecule has 8 nitrogen and oxygen atoms in total. The Morgan fingerprint density at radius 1 is 0.857 bits per heavy atom. The van der Waals surface area contributed by atoms with Crippen LogP contribution in [-0.2, 0) is 0 Å². The van der Waals surface area contributed by atoms with E-state index in [1.807, 2.05) is 74.5 Å². The van der Waals surface area contributed by atoms with Crippen LogP contribution in [0.2, 0.25) is 0 Å². The summed E-state index contributed by atoms with van der Waals surface area (Å²) in [6.45, 7) is 8.32. The van der Waals surface area contributed by atoms with Gasteiger partial charge in [0.05, 0.1) is 0 Å². The molecular formula is C20H25N8+. The molecule has 0 radical (unpaired) electrons. The van der Waals surface area contributed by atoms with Crippen LogP contribution < -0.4 is 4.80 Å². The lowest BCUT2D eigenvalue weighted by Gasteiger charge is -2.09. The van der Waals surface area contributed by atoms with Gasteiger partial charge in [-0.05, 0) is 44.6 Å². The van der Waals surface area contributed by atoms with E-state index in [9.17, 15) is 0 Å². The first-order valence-electron chi connectivity index (χ1n) is 9.28. The van der Waals surface area contributed by atoms with Crippen molar-refractivity contribution < 1.29 is 4.80 Å². The Morgan fingerprint density at radius 3 is 2.11 bits per heavy atom. The molecule has 0 unspecified atom stereocenters. The lowest BCUT2D eigenvalue weighted by Crippen LogP contribution is -2.47. The molecule has 0 spiro atoms. The van der Waals surface area contributed by atoms with Crippen molar-refractivity contribution in [3.8, 4) is 17.1 Å². The standard InChI is InChI=1S/C11H13N3.C9H12N5/c1-9(2)14-8-12-13-11(14)10-6-4-3-5-7-10;1-8(2)13-11-10-12-14(13)9-6-4-3-5-7-9/h3-9H,1-2H3;3-8H,1-2H3/q;+1. The van der Waals surface area contributed by atoms with Gasteiger partial charge in [-0.2, -0.15) is 0 Å². The number of benzene rings is 2. The van der Waals surface area contributed by atoms with E-state index in [-0.39, 0.29) is 6.04 Å². The van der Waals surface area contributed by atoms with E-state index in [1.165, 1.54) is 0 Å². The van der Waals surface area contributed by atoms with Crippen LogP contribution in [0.3, 0.4) is 0 Å². The lowest BCUT2D eigenvalue weighted by atomic mass is 10.2. The van der Waals surface area contributed by atoms with E-state index >= 15 is 0 Å². The minimum Gasteiger partial charge on any atom is -0.311 e. The number of para-hydroxylation sites is 1. The van der Waals surface area contributed by atoms with Crippen molar-refractivity contribution in [1.29, 1.82) is 0 Å². The van der Waals surface area contributed by atoms with Gasteiger partial charge in [0, 0.05) is 11.6 Å². The molecule has 4 aromatic rings. The Bertz CT molecular complexity index is 892. The predicted octanol–water partition coefficient (Wildman–Crippen LogP) is 3.06. The highest BCUT2D eigenvalue weighted by atomic mass is 15.8. The fourth-order valence-electron chi connectivity index (χ4n) is 2.64. The molecule has 0 aliphatic heterocycles. The van der Waals surface area contributed by atoms with Crippen molar-refractivity contribution in [1.82, 2.24) is 35.2 Å². The van der Waals surface area contributed by atoms with Gasteiger partial charge in [-0.1, -0.05) is 53.3 Å². The van der Waals surface area contributed by atoms with Crippen molar-refractivity contribution >= 4 is 0 Å². The summed E-state index contributed by atoms with van der Waals surface area (Å²) in [7, 11) is 0. The third-order valence-corrected chi connectivity index (χ3v) is 4.06. The van der Waals surface area contributed by atoms with Gasteiger partial charge in [0.15, 0.2) is 5.82 Å². The largest absolute Gasteiger partial charge is 0.311 e. The van der Waals surface area contributed by atoms with Gasteiger partial charge in [0.25, 0.3) is 0 Å². The molecule has 0 saturated carbocycles. The highest BCUT2D eigenvalue weighted by Crippen LogP contribution is 2.18. The fraction of sp³-hybridized carbons (Fsp3) is 0.300. The van der Waals surface area contributed by atoms with Gasteiger partial charge >= 0.3 is 0 Å². The summed E-state index contributed by atoms with van der Waals surface area (Å²) in [5, 5.41) is 19.5. The Kier molecular flexibility index (Phi) is 6.21. The van der Waals surface area contributed by atoms with Crippen LogP contribution in [0.4, 0.5) is 0 Å². The molecule has 0 N–H and O–H groups in total. The molecule has 0 amide bonds. The van der Waals surface area contributed by atoms with Gasteiger partial charge in [-0.15, -0.1) is 10.2 Å². The smallest absolute Gasteiger partial charge is 0.231 e. The molecule has 2 heterocycles. The fourth-order valence-corrected chi connectivity index (χ4v) is 2.64. The second-order valence-electron chi connectivity index (χ2n) is 6.83. The topological polar surface area (TPSA) is 78.2 Å². The Hall–Kier alpha value is -3.42. The maximum atomic E-state index is 4.12. The number of hydrogen-bond acceptors (Lipinski definition) is 5. The van der Waals surface area contributed by atoms with Crippen LogP contribution in [0.1, 0.15) is 39.8 Å². The summed E-state index contributed by atoms with van der Waals surface area (Å²) in [4.78, 5) is 3.42. The SMILES string of the molecule is CC(C)[n+]1nnnn1-c1ccccc1.CC(C)n1cnnc1-c1ccccc1. The van der Waals surface area contributed by atoms with Gasteiger partial charge in [-0.25, -0.2) is 0 Å². The number of hydrogen-bond donors (Lipinski definition) is 0. The zero-order chi connectivity index (χ0) is 19.9. The maximum Gasteiger partial charge on any atom is 0.231 e. The molecule has 0 aliphatic carbocycles. The molecule has 2 aromatic heterocycles. The molecule has 2 aromatic carbocycles. The van der Waals surface area contributed by atoms with Crippen molar-refractivity contribution in [2.75, 3.05) is 0 Å². The third-order valence-electron chi connectivity index (χ3n) is 4.06. The first-order chi connectivity index (χ1) is 13.6. The van der Waals surface area contributed by atoms with E-state index < -0.39 is 0 Å². The van der Waals surface area contributed by atoms with Crippen LogP contribution in [0.5, 0.6) is 0 Å². The summed E-state index contributed by atoms with van der Waals surface area (Å²) in [5.41, 5.74) is 2.07. The zero-order valence-electron chi connectivity index (χ0n) is 16.6. The van der Waals surface area contributed by atoms with E-state index in [4.69, 9.17) is 0 Å². The first kappa shape index (κ1) is 19.3. The van der Waals surface area contributed by atoms with Crippen molar-refractivity contribution in [2.24, 2.45) is 0 Å². The summed E-state index contributed by atoms with van der Waals surface area (Å²) >= 11 is 0. The Morgan fingerprint density at radius 2 is 1.50 bits per heavy atom. The van der Waals surface area contributed by atoms with Gasteiger partial charge in [0.2, 0.25) is 10.4 Å². The summed E-state index contributed by atoms with van der Waals surface area (Å²) in [5.74, 6) is 0.931. The zero-order valence-corrected chi connectivity index (χ0v) is 16.6. The van der Waals surface area contributed by atoms with Gasteiger partial charge in [-0.3, -0.25) is 0 Å². The van der Waals surface area contributed by atoms with Crippen LogP contribution in [0, 0.1) is 0 Å². The molecule has 0 aliphatic rings. The normalized spacial score (nSPS) is 10.8. The average molecular weight is 377 g/mol. The van der Waals surface area contributed by atoms with Crippen molar-refractivity contribution in [3.05, 3.63) is 67.0 Å². The molecule has 0 saturated heterocycles. The lowest BCUT2D eigenvalue weighted by molar-refractivity contribution is -0.838. The maximum absolute atomic E-state index is 4.12. The Balaban J connectivity index is 0.000000161. The molecule has 8 heteroatoms. The predicted molar refractivity (Wildman–Crippen MR) is 106 cm³/mol. The minimum absolute atomic E-state index is 0.241. The van der Waals surface area contributed by atoms with E-state index in [0.717, 1.165) is 17.1 Å². The second kappa shape index (κ2) is 8.98. The number of aromatic nitrogens is 8. The summed E-state index contributed by atoms with van der Waals surface area (Å²) in [6, 6.07) is 20.6. The highest BCUT2D eigenvalue weighted by molar-refractivity contribution is 5.54. The quantitative estimate of drug-likeness (QED) is 0.511. The molecule has 144 valence electrons. The summed E-state index contributed by atoms with van der Waals surface area (Å²) in [6.07, 6.45) is 1.77. The minimum atomic E-state index is 0.241. The number of rotatable bonds is 4. The first-order valence-corrected chi connectivity index (χ1v) is 9.28. The monoisotopic (exact) mass is 377 g/mol. The van der Waals surface area contributed by atoms with Crippen LogP contribution in [-0.4, -0.2) is 35.2 Å². The van der Waals surface area contributed by atoms with E-state index in [2.05, 4.69) is 44.3 Å². The van der Waals surface area contributed by atoms with Gasteiger partial charge in [0.1, 0.15) is 23.3 Å². The molecule has 28 heavy (non-hydrogen) atoms. The van der Waals surface area contributed by atoms with Gasteiger partial charge < -0.3 is 4.57 Å². The Labute approximate surface area is 164 Å². The van der Waals surface area contributed by atoms with Crippen molar-refractivity contribution in [3.63, 3.8) is 0 Å². The van der Waals surface area contributed by atoms with Crippen LogP contribution in [0.25, 0.3) is 17.1 Å². The van der Waals surface area contributed by atoms with Crippen molar-refractivity contribution in [2.45, 2.75) is 39.8 Å². The molecule has 0 atom stereocenters. The highest BCUT2D eigenvalue weighted by Gasteiger charge is 2.16. The van der Waals surface area contributed by atoms with Crippen LogP contribution in [0.15, 0.2) is 67.0 Å². The molecular weight excluding hydrogens is 352 g/mol. The number of nitrogens with zero attached hydrogens (tertiary/aromatic N) is 8. The van der Waals surface area contributed by atoms with E-state index in [0.29, 0.717) is 6.04 Å². The average Bonchev–Trinajstić information content (AvgIpc) is 3.40. The third kappa shape index (κ3) is 4.46. The molecule has 4 rings (SSSR count). The second-order valence-corrected chi connectivity index (χ2v) is 6.83. The molecule has 0 bridgehead atoms. The van der Waals surface area contributed by atoms with E-state index in [1.54, 1.807) is 15.9 Å². The molecule has 0 fully saturated rings. The van der Waals surface area contributed by atoms with Crippen LogP contribution >= 0.6 is 0 Å².